The Morgan fingerprint density at radius 1 is 1.17 bits per heavy atom. The third-order valence-corrected chi connectivity index (χ3v) is 4.60. The van der Waals surface area contributed by atoms with Gasteiger partial charge in [-0.2, -0.15) is 5.10 Å². The van der Waals surface area contributed by atoms with Crippen LogP contribution in [0.5, 0.6) is 0 Å². The maximum Gasteiger partial charge on any atom is 0.277 e. The van der Waals surface area contributed by atoms with Gasteiger partial charge in [-0.25, -0.2) is 24.1 Å². The number of halogens is 2. The summed E-state index contributed by atoms with van der Waals surface area (Å²) in [6.07, 6.45) is 1.55. The highest BCUT2D eigenvalue weighted by Gasteiger charge is 2.19. The van der Waals surface area contributed by atoms with Crippen molar-refractivity contribution in [1.29, 1.82) is 0 Å². The molecule has 0 spiro atoms. The van der Waals surface area contributed by atoms with E-state index in [0.29, 0.717) is 28.2 Å². The molecule has 2 aromatic carbocycles. The van der Waals surface area contributed by atoms with Gasteiger partial charge < -0.3 is 0 Å². The number of carbonyl (C=O) groups is 1. The molecule has 0 aliphatic rings. The molecule has 0 bridgehead atoms. The molecule has 0 radical (unpaired) electrons. The number of benzene rings is 2. The minimum absolute atomic E-state index is 0.0935. The molecule has 9 heteroatoms. The van der Waals surface area contributed by atoms with E-state index in [1.54, 1.807) is 47.3 Å². The summed E-state index contributed by atoms with van der Waals surface area (Å²) in [5, 5.41) is 6.60. The average Bonchev–Trinajstić information content (AvgIpc) is 3.11. The third-order valence-electron chi connectivity index (χ3n) is 4.42. The number of fused-ring (bicyclic) bond motifs is 1. The monoisotopic (exact) mass is 411 g/mol. The van der Waals surface area contributed by atoms with Crippen molar-refractivity contribution in [3.05, 3.63) is 71.4 Å². The lowest BCUT2D eigenvalue weighted by molar-refractivity contribution is -0.0756. The van der Waals surface area contributed by atoms with Gasteiger partial charge in [0, 0.05) is 24.2 Å². The number of amides is 1. The second kappa shape index (κ2) is 7.57. The first-order valence-electron chi connectivity index (χ1n) is 8.57. The molecule has 1 amide bonds. The Bertz CT molecular complexity index is 1210. The zero-order chi connectivity index (χ0) is 20.5. The number of aromatic nitrogens is 4. The molecule has 0 aliphatic carbocycles. The van der Waals surface area contributed by atoms with E-state index in [9.17, 15) is 9.18 Å². The second-order valence-corrected chi connectivity index (χ2v) is 6.50. The predicted octanol–water partition coefficient (Wildman–Crippen LogP) is 3.91. The molecule has 0 fully saturated rings. The molecule has 4 rings (SSSR count). The molecule has 0 saturated carbocycles. The van der Waals surface area contributed by atoms with Crippen LogP contribution < -0.4 is 0 Å². The van der Waals surface area contributed by atoms with Gasteiger partial charge in [-0.05, 0) is 60.1 Å². The van der Waals surface area contributed by atoms with Crippen molar-refractivity contribution in [2.75, 3.05) is 14.2 Å². The Kier molecular flexibility index (Phi) is 4.96. The van der Waals surface area contributed by atoms with Crippen LogP contribution in [-0.4, -0.2) is 44.9 Å². The number of rotatable bonds is 4. The van der Waals surface area contributed by atoms with Crippen LogP contribution in [0.1, 0.15) is 10.4 Å². The van der Waals surface area contributed by atoms with Crippen LogP contribution in [0.4, 0.5) is 4.39 Å². The first kappa shape index (κ1) is 19.0. The molecule has 29 heavy (non-hydrogen) atoms. The highest BCUT2D eigenvalue weighted by atomic mass is 35.5. The van der Waals surface area contributed by atoms with Crippen LogP contribution in [0.25, 0.3) is 28.0 Å². The Morgan fingerprint density at radius 3 is 2.62 bits per heavy atom. The first-order chi connectivity index (χ1) is 14.0. The van der Waals surface area contributed by atoms with Crippen molar-refractivity contribution in [2.45, 2.75) is 0 Å². The molecule has 4 aromatic rings. The molecule has 0 aliphatic heterocycles. The summed E-state index contributed by atoms with van der Waals surface area (Å²) < 4.78 is 15.0. The summed E-state index contributed by atoms with van der Waals surface area (Å²) in [6.45, 7) is 0. The number of hydrogen-bond acceptors (Lipinski definition) is 5. The largest absolute Gasteiger partial charge is 0.277 e. The van der Waals surface area contributed by atoms with E-state index in [0.717, 1.165) is 10.4 Å². The van der Waals surface area contributed by atoms with E-state index < -0.39 is 0 Å². The van der Waals surface area contributed by atoms with Gasteiger partial charge in [0.05, 0.1) is 24.0 Å². The van der Waals surface area contributed by atoms with Crippen molar-refractivity contribution in [2.24, 2.45) is 0 Å². The fraction of sp³-hybridized carbons (Fsp3) is 0.100. The predicted molar refractivity (Wildman–Crippen MR) is 106 cm³/mol. The van der Waals surface area contributed by atoms with E-state index >= 15 is 0 Å². The Balaban J connectivity index is 1.95. The lowest BCUT2D eigenvalue weighted by Crippen LogP contribution is -2.25. The van der Waals surface area contributed by atoms with Crippen LogP contribution in [0.15, 0.2) is 54.7 Å². The molecule has 7 nitrogen and oxygen atoms in total. The normalized spacial score (nSPS) is 11.0. The zero-order valence-corrected chi connectivity index (χ0v) is 16.3. The topological polar surface area (TPSA) is 73.1 Å². The van der Waals surface area contributed by atoms with Crippen molar-refractivity contribution >= 4 is 28.4 Å². The van der Waals surface area contributed by atoms with Gasteiger partial charge in [0.1, 0.15) is 11.5 Å². The quantitative estimate of drug-likeness (QED) is 0.376. The van der Waals surface area contributed by atoms with E-state index in [2.05, 4.69) is 15.1 Å². The van der Waals surface area contributed by atoms with Crippen molar-refractivity contribution in [3.8, 4) is 17.1 Å². The Hall–Kier alpha value is -3.36. The average molecular weight is 412 g/mol. The summed E-state index contributed by atoms with van der Waals surface area (Å²) in [5.41, 5.74) is 2.81. The molecule has 0 saturated heterocycles. The highest BCUT2D eigenvalue weighted by molar-refractivity contribution is 6.28. The summed E-state index contributed by atoms with van der Waals surface area (Å²) in [5.74, 6) is -0.662. The van der Waals surface area contributed by atoms with Gasteiger partial charge in [-0.15, -0.1) is 0 Å². The summed E-state index contributed by atoms with van der Waals surface area (Å²) in [4.78, 5) is 25.6. The van der Waals surface area contributed by atoms with Gasteiger partial charge in [-0.1, -0.05) is 0 Å². The third kappa shape index (κ3) is 3.55. The minimum atomic E-state index is -0.354. The maximum absolute atomic E-state index is 13.4. The maximum atomic E-state index is 13.4. The fourth-order valence-corrected chi connectivity index (χ4v) is 3.11. The highest BCUT2D eigenvalue weighted by Crippen LogP contribution is 2.31. The zero-order valence-electron chi connectivity index (χ0n) is 15.5. The number of hydroxylamine groups is 2. The SMILES string of the molecule is CON(C)C(=O)c1ccc2c(-c3ccnc(Cl)n3)n(-c3ccc(F)cc3)nc2c1. The molecule has 146 valence electrons. The van der Waals surface area contributed by atoms with Gasteiger partial charge in [0.15, 0.2) is 0 Å². The smallest absolute Gasteiger partial charge is 0.274 e. The Labute approximate surface area is 170 Å². The first-order valence-corrected chi connectivity index (χ1v) is 8.95. The second-order valence-electron chi connectivity index (χ2n) is 6.16. The van der Waals surface area contributed by atoms with Crippen LogP contribution in [-0.2, 0) is 4.84 Å². The minimum Gasteiger partial charge on any atom is -0.274 e. The Morgan fingerprint density at radius 2 is 1.93 bits per heavy atom. The van der Waals surface area contributed by atoms with Gasteiger partial charge in [0.25, 0.3) is 5.91 Å². The van der Waals surface area contributed by atoms with E-state index in [4.69, 9.17) is 16.4 Å². The summed E-state index contributed by atoms with van der Waals surface area (Å²) >= 11 is 5.98. The summed E-state index contributed by atoms with van der Waals surface area (Å²) in [7, 11) is 2.94. The van der Waals surface area contributed by atoms with E-state index in [1.807, 2.05) is 0 Å². The van der Waals surface area contributed by atoms with Crippen LogP contribution in [0, 0.1) is 5.82 Å². The molecule has 0 N–H and O–H groups in total. The number of nitrogens with zero attached hydrogens (tertiary/aromatic N) is 5. The van der Waals surface area contributed by atoms with Crippen molar-refractivity contribution in [3.63, 3.8) is 0 Å². The molecule has 0 atom stereocenters. The molecule has 0 unspecified atom stereocenters. The van der Waals surface area contributed by atoms with Gasteiger partial charge >= 0.3 is 0 Å². The standard InChI is InChI=1S/C20H15ClFN5O2/c1-26(29-2)19(28)12-3-8-15-17(11-12)25-27(14-6-4-13(22)5-7-14)18(15)16-9-10-23-20(21)24-16/h3-11H,1-2H3. The van der Waals surface area contributed by atoms with E-state index in [-0.39, 0.29) is 17.0 Å². The number of carbonyl (C=O) groups excluding carboxylic acids is 1. The van der Waals surface area contributed by atoms with Crippen LogP contribution >= 0.6 is 11.6 Å². The molecule has 2 heterocycles. The lowest BCUT2D eigenvalue weighted by Gasteiger charge is -2.13. The molecule has 2 aromatic heterocycles. The molecular weight excluding hydrogens is 397 g/mol. The lowest BCUT2D eigenvalue weighted by atomic mass is 10.1. The molecular formula is C20H15ClFN5O2. The van der Waals surface area contributed by atoms with Crippen molar-refractivity contribution < 1.29 is 14.0 Å². The van der Waals surface area contributed by atoms with Crippen molar-refractivity contribution in [1.82, 2.24) is 24.8 Å². The van der Waals surface area contributed by atoms with Gasteiger partial charge in [0.2, 0.25) is 5.28 Å². The summed E-state index contributed by atoms with van der Waals surface area (Å²) in [6, 6.07) is 12.8. The number of hydrogen-bond donors (Lipinski definition) is 0. The van der Waals surface area contributed by atoms with Gasteiger partial charge in [-0.3, -0.25) is 9.63 Å². The fourth-order valence-electron chi connectivity index (χ4n) is 2.97. The van der Waals surface area contributed by atoms with E-state index in [1.165, 1.54) is 26.3 Å². The van der Waals surface area contributed by atoms with Crippen LogP contribution in [0.2, 0.25) is 5.28 Å². The van der Waals surface area contributed by atoms with Crippen LogP contribution in [0.3, 0.4) is 0 Å².